The van der Waals surface area contributed by atoms with Crippen molar-refractivity contribution in [2.24, 2.45) is 13.0 Å². The smallest absolute Gasteiger partial charge is 0.319 e. The topological polar surface area (TPSA) is 67.2 Å². The molecule has 1 atom stereocenters. The second-order valence-electron chi connectivity index (χ2n) is 6.51. The van der Waals surface area contributed by atoms with E-state index in [-0.39, 0.29) is 11.9 Å². The van der Waals surface area contributed by atoms with Crippen LogP contribution in [0.3, 0.4) is 0 Å². The molecule has 120 valence electrons. The van der Waals surface area contributed by atoms with E-state index in [1.807, 2.05) is 20.2 Å². The number of amides is 3. The van der Waals surface area contributed by atoms with Crippen molar-refractivity contribution in [1.29, 1.82) is 0 Å². The van der Waals surface area contributed by atoms with E-state index in [1.165, 1.54) is 24.2 Å². The Hall–Kier alpha value is -1.85. The number of nitrogens with zero attached hydrogens (tertiary/aromatic N) is 3. The highest BCUT2D eigenvalue weighted by atomic mass is 16.2. The number of carbonyl (C=O) groups is 2. The summed E-state index contributed by atoms with van der Waals surface area (Å²) in [6.45, 7) is 2.47. The van der Waals surface area contributed by atoms with Crippen molar-refractivity contribution in [2.75, 3.05) is 6.54 Å². The fourth-order valence-corrected chi connectivity index (χ4v) is 3.70. The van der Waals surface area contributed by atoms with Gasteiger partial charge in [0.15, 0.2) is 0 Å². The van der Waals surface area contributed by atoms with Crippen LogP contribution in [0.15, 0.2) is 12.4 Å². The number of nitrogens with one attached hydrogen (secondary N) is 1. The Balaban J connectivity index is 1.82. The van der Waals surface area contributed by atoms with Crippen LogP contribution in [0.2, 0.25) is 0 Å². The van der Waals surface area contributed by atoms with Crippen LogP contribution in [-0.2, 0) is 17.4 Å². The second-order valence-corrected chi connectivity index (χ2v) is 6.51. The summed E-state index contributed by atoms with van der Waals surface area (Å²) in [4.78, 5) is 26.8. The Morgan fingerprint density at radius 3 is 2.64 bits per heavy atom. The van der Waals surface area contributed by atoms with E-state index in [4.69, 9.17) is 0 Å². The summed E-state index contributed by atoms with van der Waals surface area (Å²) in [6, 6.07) is -0.263. The fourth-order valence-electron chi connectivity index (χ4n) is 3.70. The number of imide groups is 1. The SMILES string of the molecule is CCC1(c2cnn(C)c2)NC(=O)N(CC2CCCCC2)C1=O. The summed E-state index contributed by atoms with van der Waals surface area (Å²) in [7, 11) is 1.81. The highest BCUT2D eigenvalue weighted by molar-refractivity contribution is 6.07. The standard InChI is InChI=1S/C16H24N4O2/c1-3-16(13-9-17-19(2)11-13)14(21)20(15(22)18-16)10-12-7-5-4-6-8-12/h9,11-12H,3-8,10H2,1-2H3,(H,18,22). The third-order valence-corrected chi connectivity index (χ3v) is 5.07. The van der Waals surface area contributed by atoms with E-state index in [1.54, 1.807) is 10.9 Å². The molecule has 2 heterocycles. The first-order valence-corrected chi connectivity index (χ1v) is 8.20. The zero-order chi connectivity index (χ0) is 15.7. The third-order valence-electron chi connectivity index (χ3n) is 5.07. The van der Waals surface area contributed by atoms with E-state index in [0.717, 1.165) is 18.4 Å². The normalized spacial score (nSPS) is 26.5. The molecule has 2 aliphatic rings. The van der Waals surface area contributed by atoms with Crippen LogP contribution in [0.4, 0.5) is 4.79 Å². The highest BCUT2D eigenvalue weighted by Crippen LogP contribution is 2.34. The average molecular weight is 304 g/mol. The minimum absolute atomic E-state index is 0.126. The molecular weight excluding hydrogens is 280 g/mol. The molecule has 1 unspecified atom stereocenters. The Morgan fingerprint density at radius 1 is 1.32 bits per heavy atom. The molecule has 1 aliphatic heterocycles. The molecule has 1 saturated carbocycles. The first kappa shape index (κ1) is 15.1. The zero-order valence-corrected chi connectivity index (χ0v) is 13.3. The van der Waals surface area contributed by atoms with E-state index in [0.29, 0.717) is 18.9 Å². The van der Waals surface area contributed by atoms with Crippen molar-refractivity contribution in [1.82, 2.24) is 20.0 Å². The van der Waals surface area contributed by atoms with Gasteiger partial charge in [0, 0.05) is 25.4 Å². The Kier molecular flexibility index (Phi) is 3.93. The van der Waals surface area contributed by atoms with Gasteiger partial charge in [0.2, 0.25) is 0 Å². The van der Waals surface area contributed by atoms with Gasteiger partial charge >= 0.3 is 6.03 Å². The summed E-state index contributed by atoms with van der Waals surface area (Å²) >= 11 is 0. The molecule has 2 fully saturated rings. The number of urea groups is 1. The molecule has 1 N–H and O–H groups in total. The van der Waals surface area contributed by atoms with Gasteiger partial charge in [0.05, 0.1) is 6.20 Å². The van der Waals surface area contributed by atoms with E-state index < -0.39 is 5.54 Å². The number of carbonyl (C=O) groups excluding carboxylic acids is 2. The van der Waals surface area contributed by atoms with Gasteiger partial charge in [-0.1, -0.05) is 26.2 Å². The van der Waals surface area contributed by atoms with Crippen LogP contribution in [0.25, 0.3) is 0 Å². The number of hydrogen-bond donors (Lipinski definition) is 1. The highest BCUT2D eigenvalue weighted by Gasteiger charge is 2.52. The summed E-state index contributed by atoms with van der Waals surface area (Å²) in [5, 5.41) is 7.07. The van der Waals surface area contributed by atoms with Crippen LogP contribution in [0, 0.1) is 5.92 Å². The largest absolute Gasteiger partial charge is 0.325 e. The lowest BCUT2D eigenvalue weighted by Gasteiger charge is -2.27. The maximum Gasteiger partial charge on any atom is 0.325 e. The van der Waals surface area contributed by atoms with Crippen LogP contribution >= 0.6 is 0 Å². The maximum atomic E-state index is 13.0. The Morgan fingerprint density at radius 2 is 2.05 bits per heavy atom. The molecular formula is C16H24N4O2. The van der Waals surface area contributed by atoms with Gasteiger partial charge < -0.3 is 5.32 Å². The summed E-state index contributed by atoms with van der Waals surface area (Å²) in [5.41, 5.74) is -0.179. The second kappa shape index (κ2) is 5.74. The van der Waals surface area contributed by atoms with Crippen molar-refractivity contribution < 1.29 is 9.59 Å². The molecule has 1 aliphatic carbocycles. The van der Waals surface area contributed by atoms with Crippen molar-refractivity contribution >= 4 is 11.9 Å². The van der Waals surface area contributed by atoms with Crippen molar-refractivity contribution in [3.05, 3.63) is 18.0 Å². The molecule has 3 amide bonds. The van der Waals surface area contributed by atoms with Gasteiger partial charge in [-0.05, 0) is 25.2 Å². The molecule has 0 spiro atoms. The predicted molar refractivity (Wildman–Crippen MR) is 82.0 cm³/mol. The Labute approximate surface area is 130 Å². The summed E-state index contributed by atoms with van der Waals surface area (Å²) < 4.78 is 1.66. The maximum absolute atomic E-state index is 13.0. The number of aromatic nitrogens is 2. The van der Waals surface area contributed by atoms with Crippen LogP contribution < -0.4 is 5.32 Å². The number of hydrogen-bond acceptors (Lipinski definition) is 3. The van der Waals surface area contributed by atoms with Crippen LogP contribution in [-0.4, -0.2) is 33.2 Å². The molecule has 6 heteroatoms. The van der Waals surface area contributed by atoms with E-state index in [2.05, 4.69) is 10.4 Å². The first-order chi connectivity index (χ1) is 10.6. The summed E-state index contributed by atoms with van der Waals surface area (Å²) in [6.07, 6.45) is 9.92. The quantitative estimate of drug-likeness (QED) is 0.867. The van der Waals surface area contributed by atoms with Gasteiger partial charge in [-0.3, -0.25) is 14.4 Å². The molecule has 6 nitrogen and oxygen atoms in total. The first-order valence-electron chi connectivity index (χ1n) is 8.20. The molecule has 22 heavy (non-hydrogen) atoms. The van der Waals surface area contributed by atoms with Gasteiger partial charge in [0.1, 0.15) is 5.54 Å². The minimum atomic E-state index is -0.944. The Bertz CT molecular complexity index is 576. The molecule has 0 bridgehead atoms. The lowest BCUT2D eigenvalue weighted by atomic mass is 9.87. The van der Waals surface area contributed by atoms with Crippen LogP contribution in [0.1, 0.15) is 51.0 Å². The van der Waals surface area contributed by atoms with E-state index in [9.17, 15) is 9.59 Å². The van der Waals surface area contributed by atoms with Gasteiger partial charge in [-0.2, -0.15) is 5.10 Å². The minimum Gasteiger partial charge on any atom is -0.319 e. The number of rotatable bonds is 4. The van der Waals surface area contributed by atoms with Crippen molar-refractivity contribution in [2.45, 2.75) is 51.0 Å². The van der Waals surface area contributed by atoms with Crippen molar-refractivity contribution in [3.8, 4) is 0 Å². The molecule has 0 aromatic carbocycles. The van der Waals surface area contributed by atoms with Gasteiger partial charge in [-0.25, -0.2) is 4.79 Å². The molecule has 1 aromatic heterocycles. The van der Waals surface area contributed by atoms with E-state index >= 15 is 0 Å². The lowest BCUT2D eigenvalue weighted by molar-refractivity contribution is -0.132. The van der Waals surface area contributed by atoms with Gasteiger partial charge in [0.25, 0.3) is 5.91 Å². The van der Waals surface area contributed by atoms with Crippen molar-refractivity contribution in [3.63, 3.8) is 0 Å². The average Bonchev–Trinajstić information content (AvgIpc) is 3.06. The molecule has 1 aromatic rings. The zero-order valence-electron chi connectivity index (χ0n) is 13.3. The molecule has 1 saturated heterocycles. The fraction of sp³-hybridized carbons (Fsp3) is 0.688. The molecule has 3 rings (SSSR count). The monoisotopic (exact) mass is 304 g/mol. The number of aryl methyl sites for hydroxylation is 1. The third kappa shape index (κ3) is 2.40. The van der Waals surface area contributed by atoms with Gasteiger partial charge in [-0.15, -0.1) is 0 Å². The lowest BCUT2D eigenvalue weighted by Crippen LogP contribution is -2.43. The summed E-state index contributed by atoms with van der Waals surface area (Å²) in [5.74, 6) is 0.323. The molecule has 0 radical (unpaired) electrons. The predicted octanol–water partition coefficient (Wildman–Crippen LogP) is 2.16. The van der Waals surface area contributed by atoms with Crippen LogP contribution in [0.5, 0.6) is 0 Å².